The van der Waals surface area contributed by atoms with Gasteiger partial charge in [-0.2, -0.15) is 0 Å². The van der Waals surface area contributed by atoms with E-state index in [0.717, 1.165) is 11.5 Å². The van der Waals surface area contributed by atoms with Crippen LogP contribution in [0.3, 0.4) is 0 Å². The standard InChI is InChI=1S/C15H10BrF2N3/c16-10-6-15(12(18)7-11(10)17)21-13-3-4-20-14-5-8(19)1-2-9(13)14/h1-7H,19H2,(H,20,21). The van der Waals surface area contributed by atoms with E-state index in [9.17, 15) is 8.78 Å². The predicted octanol–water partition coefficient (Wildman–Crippen LogP) is 4.60. The van der Waals surface area contributed by atoms with Crippen molar-refractivity contribution < 1.29 is 8.78 Å². The van der Waals surface area contributed by atoms with Crippen molar-refractivity contribution in [2.45, 2.75) is 0 Å². The highest BCUT2D eigenvalue weighted by Crippen LogP contribution is 2.30. The van der Waals surface area contributed by atoms with Crippen molar-refractivity contribution in [1.82, 2.24) is 4.98 Å². The molecule has 0 spiro atoms. The van der Waals surface area contributed by atoms with Crippen LogP contribution < -0.4 is 11.1 Å². The highest BCUT2D eigenvalue weighted by molar-refractivity contribution is 9.10. The van der Waals surface area contributed by atoms with Gasteiger partial charge in [-0.05, 0) is 46.3 Å². The lowest BCUT2D eigenvalue weighted by Gasteiger charge is -2.11. The number of hydrogen-bond acceptors (Lipinski definition) is 3. The maximum absolute atomic E-state index is 13.8. The van der Waals surface area contributed by atoms with Gasteiger partial charge in [0.2, 0.25) is 0 Å². The summed E-state index contributed by atoms with van der Waals surface area (Å²) >= 11 is 3.04. The van der Waals surface area contributed by atoms with Crippen LogP contribution in [0.1, 0.15) is 0 Å². The van der Waals surface area contributed by atoms with Crippen LogP contribution in [0.15, 0.2) is 47.1 Å². The minimum Gasteiger partial charge on any atom is -0.399 e. The van der Waals surface area contributed by atoms with Gasteiger partial charge in [0.05, 0.1) is 15.7 Å². The molecule has 0 radical (unpaired) electrons. The van der Waals surface area contributed by atoms with Crippen molar-refractivity contribution in [2.24, 2.45) is 0 Å². The number of nitrogens with two attached hydrogens (primary N) is 1. The van der Waals surface area contributed by atoms with Crippen molar-refractivity contribution in [2.75, 3.05) is 11.1 Å². The summed E-state index contributed by atoms with van der Waals surface area (Å²) in [5, 5.41) is 3.75. The molecule has 3 aromatic rings. The molecular formula is C15H10BrF2N3. The first-order valence-corrected chi connectivity index (χ1v) is 6.90. The summed E-state index contributed by atoms with van der Waals surface area (Å²) in [6.07, 6.45) is 1.60. The number of nitrogen functional groups attached to an aromatic ring is 1. The Balaban J connectivity index is 2.08. The summed E-state index contributed by atoms with van der Waals surface area (Å²) in [5.41, 5.74) is 7.85. The van der Waals surface area contributed by atoms with Gasteiger partial charge in [-0.3, -0.25) is 4.98 Å². The van der Waals surface area contributed by atoms with E-state index < -0.39 is 11.6 Å². The third-order valence-electron chi connectivity index (χ3n) is 3.05. The van der Waals surface area contributed by atoms with Crippen LogP contribution in [0.25, 0.3) is 10.9 Å². The molecule has 3 N–H and O–H groups in total. The lowest BCUT2D eigenvalue weighted by Crippen LogP contribution is -1.97. The lowest BCUT2D eigenvalue weighted by molar-refractivity contribution is 0.581. The van der Waals surface area contributed by atoms with Crippen molar-refractivity contribution in [3.63, 3.8) is 0 Å². The normalized spacial score (nSPS) is 10.8. The minimum atomic E-state index is -0.670. The van der Waals surface area contributed by atoms with Crippen molar-refractivity contribution in [3.05, 3.63) is 58.7 Å². The van der Waals surface area contributed by atoms with Gasteiger partial charge in [0.1, 0.15) is 11.6 Å². The first kappa shape index (κ1) is 13.8. The van der Waals surface area contributed by atoms with Crippen molar-refractivity contribution >= 4 is 43.9 Å². The fraction of sp³-hybridized carbons (Fsp3) is 0. The molecule has 2 aromatic carbocycles. The molecule has 106 valence electrons. The van der Waals surface area contributed by atoms with Crippen LogP contribution in [-0.4, -0.2) is 4.98 Å². The molecule has 0 amide bonds. The number of halogens is 3. The summed E-state index contributed by atoms with van der Waals surface area (Å²) in [4.78, 5) is 4.22. The van der Waals surface area contributed by atoms with Crippen LogP contribution >= 0.6 is 15.9 Å². The van der Waals surface area contributed by atoms with Gasteiger partial charge < -0.3 is 11.1 Å². The fourth-order valence-corrected chi connectivity index (χ4v) is 2.38. The summed E-state index contributed by atoms with van der Waals surface area (Å²) in [5.74, 6) is -1.32. The second kappa shape index (κ2) is 5.29. The number of benzene rings is 2. The number of fused-ring (bicyclic) bond motifs is 1. The second-order valence-corrected chi connectivity index (χ2v) is 5.36. The Labute approximate surface area is 127 Å². The van der Waals surface area contributed by atoms with Gasteiger partial charge in [0.15, 0.2) is 0 Å². The van der Waals surface area contributed by atoms with Crippen molar-refractivity contribution in [1.29, 1.82) is 0 Å². The van der Waals surface area contributed by atoms with E-state index >= 15 is 0 Å². The summed E-state index contributed by atoms with van der Waals surface area (Å²) < 4.78 is 27.3. The maximum Gasteiger partial charge on any atom is 0.149 e. The fourth-order valence-electron chi connectivity index (χ4n) is 2.04. The summed E-state index contributed by atoms with van der Waals surface area (Å²) in [6.45, 7) is 0. The molecule has 6 heteroatoms. The van der Waals surface area contributed by atoms with E-state index in [1.807, 2.05) is 0 Å². The topological polar surface area (TPSA) is 50.9 Å². The summed E-state index contributed by atoms with van der Waals surface area (Å²) in [6, 6.07) is 9.18. The average Bonchev–Trinajstić information content (AvgIpc) is 2.44. The second-order valence-electron chi connectivity index (χ2n) is 4.51. The molecule has 1 aromatic heterocycles. The smallest absolute Gasteiger partial charge is 0.149 e. The minimum absolute atomic E-state index is 0.174. The molecule has 3 rings (SSSR count). The van der Waals surface area contributed by atoms with E-state index in [1.165, 1.54) is 6.07 Å². The highest BCUT2D eigenvalue weighted by Gasteiger charge is 2.10. The van der Waals surface area contributed by atoms with Crippen LogP contribution in [0, 0.1) is 11.6 Å². The third kappa shape index (κ3) is 2.67. The van der Waals surface area contributed by atoms with E-state index in [0.29, 0.717) is 16.9 Å². The quantitative estimate of drug-likeness (QED) is 0.525. The number of hydrogen-bond donors (Lipinski definition) is 2. The Morgan fingerprint density at radius 3 is 2.62 bits per heavy atom. The molecule has 0 bridgehead atoms. The van der Waals surface area contributed by atoms with E-state index in [1.54, 1.807) is 30.5 Å². The van der Waals surface area contributed by atoms with Gasteiger partial charge in [0, 0.05) is 29.0 Å². The van der Waals surface area contributed by atoms with Crippen LogP contribution in [0.5, 0.6) is 0 Å². The first-order valence-electron chi connectivity index (χ1n) is 6.10. The maximum atomic E-state index is 13.8. The van der Waals surface area contributed by atoms with Crippen LogP contribution in [0.4, 0.5) is 25.8 Å². The lowest BCUT2D eigenvalue weighted by atomic mass is 10.1. The molecule has 3 nitrogen and oxygen atoms in total. The number of aromatic nitrogens is 1. The SMILES string of the molecule is Nc1ccc2c(Nc3cc(Br)c(F)cc3F)ccnc2c1. The zero-order valence-electron chi connectivity index (χ0n) is 10.7. The molecule has 0 saturated heterocycles. The Morgan fingerprint density at radius 2 is 1.81 bits per heavy atom. The molecule has 0 aliphatic heterocycles. The van der Waals surface area contributed by atoms with E-state index in [-0.39, 0.29) is 10.2 Å². The van der Waals surface area contributed by atoms with Gasteiger partial charge >= 0.3 is 0 Å². The van der Waals surface area contributed by atoms with Crippen molar-refractivity contribution in [3.8, 4) is 0 Å². The summed E-state index contributed by atoms with van der Waals surface area (Å²) in [7, 11) is 0. The molecular weight excluding hydrogens is 340 g/mol. The van der Waals surface area contributed by atoms with Gasteiger partial charge in [-0.25, -0.2) is 8.78 Å². The monoisotopic (exact) mass is 349 g/mol. The average molecular weight is 350 g/mol. The zero-order valence-corrected chi connectivity index (χ0v) is 12.3. The van der Waals surface area contributed by atoms with E-state index in [2.05, 4.69) is 26.2 Å². The Kier molecular flexibility index (Phi) is 3.47. The number of rotatable bonds is 2. The predicted molar refractivity (Wildman–Crippen MR) is 83.5 cm³/mol. The number of nitrogens with one attached hydrogen (secondary N) is 1. The molecule has 0 aliphatic rings. The highest BCUT2D eigenvalue weighted by atomic mass is 79.9. The molecule has 0 aliphatic carbocycles. The third-order valence-corrected chi connectivity index (χ3v) is 3.65. The Morgan fingerprint density at radius 1 is 1.00 bits per heavy atom. The molecule has 21 heavy (non-hydrogen) atoms. The Hall–Kier alpha value is -2.21. The van der Waals surface area contributed by atoms with E-state index in [4.69, 9.17) is 5.73 Å². The Bertz CT molecular complexity index is 837. The largest absolute Gasteiger partial charge is 0.399 e. The van der Waals surface area contributed by atoms with Gasteiger partial charge in [-0.1, -0.05) is 0 Å². The number of pyridine rings is 1. The molecule has 0 fully saturated rings. The molecule has 0 saturated carbocycles. The van der Waals surface area contributed by atoms with Gasteiger partial charge in [-0.15, -0.1) is 0 Å². The molecule has 0 unspecified atom stereocenters. The molecule has 1 heterocycles. The van der Waals surface area contributed by atoms with Crippen LogP contribution in [0.2, 0.25) is 0 Å². The molecule has 0 atom stereocenters. The van der Waals surface area contributed by atoms with Gasteiger partial charge in [0.25, 0.3) is 0 Å². The number of anilines is 3. The first-order chi connectivity index (χ1) is 10.0. The number of nitrogens with zero attached hydrogens (tertiary/aromatic N) is 1. The zero-order chi connectivity index (χ0) is 15.0. The van der Waals surface area contributed by atoms with Crippen LogP contribution in [-0.2, 0) is 0 Å².